The van der Waals surface area contributed by atoms with E-state index in [0.29, 0.717) is 5.92 Å². The molecule has 0 aromatic heterocycles. The molecule has 0 unspecified atom stereocenters. The van der Waals surface area contributed by atoms with Gasteiger partial charge in [0.2, 0.25) is 0 Å². The van der Waals surface area contributed by atoms with E-state index in [-0.39, 0.29) is 18.6 Å². The molecule has 2 atom stereocenters. The topological polar surface area (TPSA) is 40.5 Å². The maximum Gasteiger partial charge on any atom is 0.0512 e. The highest BCUT2D eigenvalue weighted by Crippen LogP contribution is 2.55. The lowest BCUT2D eigenvalue weighted by Crippen LogP contribution is -2.35. The van der Waals surface area contributed by atoms with Gasteiger partial charge in [-0.25, -0.2) is 0 Å². The van der Waals surface area contributed by atoms with E-state index in [2.05, 4.69) is 0 Å². The monoisotopic (exact) mass is 156 g/mol. The van der Waals surface area contributed by atoms with E-state index >= 15 is 0 Å². The number of hydrogen-bond acceptors (Lipinski definition) is 2. The van der Waals surface area contributed by atoms with Crippen molar-refractivity contribution in [1.29, 1.82) is 0 Å². The second-order valence-electron chi connectivity index (χ2n) is 4.26. The summed E-state index contributed by atoms with van der Waals surface area (Å²) in [7, 11) is 0. The minimum absolute atomic E-state index is 0.0943. The van der Waals surface area contributed by atoms with E-state index in [1.54, 1.807) is 0 Å². The van der Waals surface area contributed by atoms with Crippen LogP contribution in [0.4, 0.5) is 0 Å². The maximum absolute atomic E-state index is 9.18. The van der Waals surface area contributed by atoms with Crippen molar-refractivity contribution in [3.63, 3.8) is 0 Å². The molecule has 2 aliphatic rings. The molecule has 2 aliphatic carbocycles. The van der Waals surface area contributed by atoms with Crippen LogP contribution in [-0.2, 0) is 0 Å². The first kappa shape index (κ1) is 7.56. The Balaban J connectivity index is 2.14. The first-order valence-corrected chi connectivity index (χ1v) is 4.52. The Morgan fingerprint density at radius 3 is 2.18 bits per heavy atom. The second-order valence-corrected chi connectivity index (χ2v) is 4.26. The van der Waals surface area contributed by atoms with Crippen molar-refractivity contribution >= 4 is 0 Å². The summed E-state index contributed by atoms with van der Waals surface area (Å²) in [6.07, 6.45) is 4.87. The lowest BCUT2D eigenvalue weighted by Gasteiger charge is -2.33. The predicted octanol–water partition coefficient (Wildman–Crippen LogP) is 0.777. The van der Waals surface area contributed by atoms with Crippen molar-refractivity contribution in [3.8, 4) is 0 Å². The lowest BCUT2D eigenvalue weighted by atomic mass is 9.74. The van der Waals surface area contributed by atoms with Crippen molar-refractivity contribution in [2.45, 2.75) is 25.7 Å². The minimum atomic E-state index is -0.0943. The molecule has 0 radical (unpaired) electrons. The molecule has 0 aromatic rings. The number of aliphatic hydroxyl groups excluding tert-OH is 2. The summed E-state index contributed by atoms with van der Waals surface area (Å²) in [4.78, 5) is 0. The van der Waals surface area contributed by atoms with Gasteiger partial charge in [-0.3, -0.25) is 0 Å². The van der Waals surface area contributed by atoms with Crippen LogP contribution in [0.3, 0.4) is 0 Å². The van der Waals surface area contributed by atoms with Crippen LogP contribution in [0.25, 0.3) is 0 Å². The van der Waals surface area contributed by atoms with Gasteiger partial charge in [-0.15, -0.1) is 0 Å². The fourth-order valence-electron chi connectivity index (χ4n) is 3.00. The fraction of sp³-hybridized carbons (Fsp3) is 1.00. The zero-order valence-electron chi connectivity index (χ0n) is 6.79. The average Bonchev–Trinajstić information content (AvgIpc) is 2.62. The SMILES string of the molecule is OCC1(CO)C[C@@H]2CC[C@@H]1C2. The number of rotatable bonds is 2. The minimum Gasteiger partial charge on any atom is -0.396 e. The van der Waals surface area contributed by atoms with Crippen LogP contribution in [0.5, 0.6) is 0 Å². The van der Waals surface area contributed by atoms with E-state index in [1.165, 1.54) is 19.3 Å². The highest BCUT2D eigenvalue weighted by atomic mass is 16.3. The molecule has 11 heavy (non-hydrogen) atoms. The summed E-state index contributed by atoms with van der Waals surface area (Å²) in [6.45, 7) is 0.370. The van der Waals surface area contributed by atoms with Crippen LogP contribution in [-0.4, -0.2) is 23.4 Å². The van der Waals surface area contributed by atoms with Gasteiger partial charge >= 0.3 is 0 Å². The number of aliphatic hydroxyl groups is 2. The predicted molar refractivity (Wildman–Crippen MR) is 42.1 cm³/mol. The molecule has 2 bridgehead atoms. The average molecular weight is 156 g/mol. The molecule has 2 nitrogen and oxygen atoms in total. The van der Waals surface area contributed by atoms with Gasteiger partial charge in [-0.05, 0) is 31.1 Å². The Bertz CT molecular complexity index is 152. The number of fused-ring (bicyclic) bond motifs is 2. The van der Waals surface area contributed by atoms with Crippen molar-refractivity contribution in [2.24, 2.45) is 17.3 Å². The van der Waals surface area contributed by atoms with E-state index < -0.39 is 0 Å². The van der Waals surface area contributed by atoms with Gasteiger partial charge in [0.15, 0.2) is 0 Å². The van der Waals surface area contributed by atoms with Gasteiger partial charge in [-0.2, -0.15) is 0 Å². The van der Waals surface area contributed by atoms with Crippen LogP contribution >= 0.6 is 0 Å². The third kappa shape index (κ3) is 0.926. The Morgan fingerprint density at radius 1 is 1.18 bits per heavy atom. The van der Waals surface area contributed by atoms with E-state index in [9.17, 15) is 10.2 Å². The maximum atomic E-state index is 9.18. The van der Waals surface area contributed by atoms with Gasteiger partial charge in [0.25, 0.3) is 0 Å². The Hall–Kier alpha value is -0.0800. The van der Waals surface area contributed by atoms with Crippen LogP contribution in [0.1, 0.15) is 25.7 Å². The van der Waals surface area contributed by atoms with Crippen molar-refractivity contribution < 1.29 is 10.2 Å². The van der Waals surface area contributed by atoms with Gasteiger partial charge in [0.05, 0.1) is 13.2 Å². The summed E-state index contributed by atoms with van der Waals surface area (Å²) in [6, 6.07) is 0. The van der Waals surface area contributed by atoms with E-state index in [1.807, 2.05) is 0 Å². The first-order chi connectivity index (χ1) is 5.30. The first-order valence-electron chi connectivity index (χ1n) is 4.52. The smallest absolute Gasteiger partial charge is 0.0512 e. The molecule has 0 spiro atoms. The molecule has 2 heteroatoms. The molecule has 0 amide bonds. The number of hydrogen-bond donors (Lipinski definition) is 2. The molecule has 0 heterocycles. The van der Waals surface area contributed by atoms with Crippen LogP contribution < -0.4 is 0 Å². The van der Waals surface area contributed by atoms with Gasteiger partial charge in [0, 0.05) is 5.41 Å². The van der Waals surface area contributed by atoms with Crippen LogP contribution in [0, 0.1) is 17.3 Å². The molecule has 0 saturated heterocycles. The van der Waals surface area contributed by atoms with E-state index in [0.717, 1.165) is 12.3 Å². The summed E-state index contributed by atoms with van der Waals surface area (Å²) in [5, 5.41) is 18.4. The van der Waals surface area contributed by atoms with Crippen LogP contribution in [0.15, 0.2) is 0 Å². The highest BCUT2D eigenvalue weighted by Gasteiger charge is 2.49. The van der Waals surface area contributed by atoms with Crippen molar-refractivity contribution in [2.75, 3.05) is 13.2 Å². The summed E-state index contributed by atoms with van der Waals surface area (Å²) >= 11 is 0. The second kappa shape index (κ2) is 2.46. The largest absolute Gasteiger partial charge is 0.396 e. The molecule has 2 fully saturated rings. The quantitative estimate of drug-likeness (QED) is 0.620. The molecular weight excluding hydrogens is 140 g/mol. The molecular formula is C9H16O2. The van der Waals surface area contributed by atoms with E-state index in [4.69, 9.17) is 0 Å². The standard InChI is InChI=1S/C9H16O2/c10-5-9(6-11)4-7-1-2-8(9)3-7/h7-8,10-11H,1-6H2/t7-,8-/m1/s1. The molecule has 64 valence electrons. The molecule has 0 aromatic carbocycles. The fourth-order valence-corrected chi connectivity index (χ4v) is 3.00. The Kier molecular flexibility index (Phi) is 1.69. The third-order valence-corrected chi connectivity index (χ3v) is 3.73. The summed E-state index contributed by atoms with van der Waals surface area (Å²) in [5.41, 5.74) is -0.0943. The van der Waals surface area contributed by atoms with Crippen LogP contribution in [0.2, 0.25) is 0 Å². The summed E-state index contributed by atoms with van der Waals surface area (Å²) in [5.74, 6) is 1.42. The van der Waals surface area contributed by atoms with Crippen molar-refractivity contribution in [3.05, 3.63) is 0 Å². The summed E-state index contributed by atoms with van der Waals surface area (Å²) < 4.78 is 0. The third-order valence-electron chi connectivity index (χ3n) is 3.73. The molecule has 0 aliphatic heterocycles. The highest BCUT2D eigenvalue weighted by molar-refractivity contribution is 4.99. The zero-order chi connectivity index (χ0) is 7.90. The molecule has 2 N–H and O–H groups in total. The van der Waals surface area contributed by atoms with Gasteiger partial charge < -0.3 is 10.2 Å². The Morgan fingerprint density at radius 2 is 1.91 bits per heavy atom. The van der Waals surface area contributed by atoms with Gasteiger partial charge in [-0.1, -0.05) is 6.42 Å². The normalized spacial score (nSPS) is 39.8. The van der Waals surface area contributed by atoms with Gasteiger partial charge in [0.1, 0.15) is 0 Å². The van der Waals surface area contributed by atoms with Crippen molar-refractivity contribution in [1.82, 2.24) is 0 Å². The molecule has 2 saturated carbocycles. The Labute approximate surface area is 67.2 Å². The zero-order valence-corrected chi connectivity index (χ0v) is 6.79. The molecule has 2 rings (SSSR count). The lowest BCUT2D eigenvalue weighted by molar-refractivity contribution is 0.00864.